The molecule has 0 aliphatic heterocycles. The molecule has 1 fully saturated rings. The summed E-state index contributed by atoms with van der Waals surface area (Å²) in [5.74, 6) is 2.45. The van der Waals surface area contributed by atoms with Crippen LogP contribution in [0.1, 0.15) is 72.0 Å². The van der Waals surface area contributed by atoms with Gasteiger partial charge in [-0.2, -0.15) is 4.98 Å². The quantitative estimate of drug-likeness (QED) is 0.793. The fourth-order valence-corrected chi connectivity index (χ4v) is 2.51. The molecule has 0 amide bonds. The summed E-state index contributed by atoms with van der Waals surface area (Å²) in [7, 11) is 0. The summed E-state index contributed by atoms with van der Waals surface area (Å²) >= 11 is 0. The molecule has 1 aromatic heterocycles. The third kappa shape index (κ3) is 4.87. The summed E-state index contributed by atoms with van der Waals surface area (Å²) in [5.41, 5.74) is -0.0732. The van der Waals surface area contributed by atoms with Crippen molar-refractivity contribution in [3.63, 3.8) is 0 Å². The zero-order valence-electron chi connectivity index (χ0n) is 13.9. The Morgan fingerprint density at radius 3 is 2.57 bits per heavy atom. The van der Waals surface area contributed by atoms with Crippen molar-refractivity contribution in [2.45, 2.75) is 77.7 Å². The van der Waals surface area contributed by atoms with Gasteiger partial charge in [-0.15, -0.1) is 0 Å². The van der Waals surface area contributed by atoms with Gasteiger partial charge < -0.3 is 10.1 Å². The first-order valence-electron chi connectivity index (χ1n) is 8.28. The minimum Gasteiger partial charge on any atom is -0.478 e. The van der Waals surface area contributed by atoms with Gasteiger partial charge in [-0.25, -0.2) is 4.98 Å². The molecule has 0 unspecified atom stereocenters. The molecule has 1 N–H and O–H groups in total. The van der Waals surface area contributed by atoms with Crippen molar-refractivity contribution in [2.24, 2.45) is 0 Å². The number of ether oxygens (including phenoxy) is 1. The molecule has 4 nitrogen and oxygen atoms in total. The number of unbranched alkanes of at least 4 members (excludes halogenated alkanes) is 1. The molecule has 1 saturated carbocycles. The van der Waals surface area contributed by atoms with Crippen LogP contribution in [0.3, 0.4) is 0 Å². The summed E-state index contributed by atoms with van der Waals surface area (Å²) in [6.07, 6.45) is 7.29. The fraction of sp³-hybridized carbons (Fsp3) is 0.765. The number of anilines is 1. The van der Waals surface area contributed by atoms with E-state index in [0.717, 1.165) is 31.1 Å². The zero-order chi connectivity index (χ0) is 15.3. The lowest BCUT2D eigenvalue weighted by Gasteiger charge is -2.20. The molecule has 0 bridgehead atoms. The number of hydrogen-bond acceptors (Lipinski definition) is 4. The lowest BCUT2D eigenvalue weighted by atomic mass is 9.96. The average Bonchev–Trinajstić information content (AvgIpc) is 2.91. The fourth-order valence-electron chi connectivity index (χ4n) is 2.51. The van der Waals surface area contributed by atoms with Crippen molar-refractivity contribution < 1.29 is 4.74 Å². The molecule has 0 radical (unpaired) electrons. The second-order valence-electron chi connectivity index (χ2n) is 6.99. The maximum atomic E-state index is 5.80. The second kappa shape index (κ2) is 7.10. The van der Waals surface area contributed by atoms with Gasteiger partial charge in [0.2, 0.25) is 5.88 Å². The minimum atomic E-state index is -0.0732. The Balaban J connectivity index is 2.15. The van der Waals surface area contributed by atoms with Gasteiger partial charge in [0.15, 0.2) is 0 Å². The predicted octanol–water partition coefficient (Wildman–Crippen LogP) is 4.31. The van der Waals surface area contributed by atoms with Gasteiger partial charge in [0.05, 0.1) is 6.61 Å². The highest BCUT2D eigenvalue weighted by atomic mass is 16.5. The number of rotatable bonds is 6. The number of nitrogens with zero attached hydrogens (tertiary/aromatic N) is 2. The van der Waals surface area contributed by atoms with Gasteiger partial charge in [0.25, 0.3) is 0 Å². The van der Waals surface area contributed by atoms with Gasteiger partial charge in [-0.1, -0.05) is 47.0 Å². The summed E-state index contributed by atoms with van der Waals surface area (Å²) in [6, 6.07) is 2.50. The predicted molar refractivity (Wildman–Crippen MR) is 87.0 cm³/mol. The van der Waals surface area contributed by atoms with Crippen LogP contribution in [0.25, 0.3) is 0 Å². The van der Waals surface area contributed by atoms with E-state index in [9.17, 15) is 0 Å². The molecule has 118 valence electrons. The SMILES string of the molecule is CCCCOc1cc(NC2CCCC2)nc(C(C)(C)C)n1. The van der Waals surface area contributed by atoms with E-state index in [0.29, 0.717) is 11.9 Å². The Bertz CT molecular complexity index is 448. The van der Waals surface area contributed by atoms with Crippen molar-refractivity contribution >= 4 is 5.82 Å². The lowest BCUT2D eigenvalue weighted by Crippen LogP contribution is -2.21. The molecule has 0 aromatic carbocycles. The lowest BCUT2D eigenvalue weighted by molar-refractivity contribution is 0.294. The third-order valence-corrected chi connectivity index (χ3v) is 3.83. The van der Waals surface area contributed by atoms with Crippen molar-refractivity contribution in [3.8, 4) is 5.88 Å². The Morgan fingerprint density at radius 2 is 1.95 bits per heavy atom. The second-order valence-corrected chi connectivity index (χ2v) is 6.99. The first-order chi connectivity index (χ1) is 9.99. The first-order valence-corrected chi connectivity index (χ1v) is 8.28. The van der Waals surface area contributed by atoms with Crippen molar-refractivity contribution in [2.75, 3.05) is 11.9 Å². The van der Waals surface area contributed by atoms with Crippen LogP contribution in [0, 0.1) is 0 Å². The monoisotopic (exact) mass is 291 g/mol. The van der Waals surface area contributed by atoms with Gasteiger partial charge in [-0.3, -0.25) is 0 Å². The largest absolute Gasteiger partial charge is 0.478 e. The molecule has 1 aliphatic rings. The average molecular weight is 291 g/mol. The van der Waals surface area contributed by atoms with Gasteiger partial charge in [0.1, 0.15) is 11.6 Å². The van der Waals surface area contributed by atoms with E-state index in [1.54, 1.807) is 0 Å². The van der Waals surface area contributed by atoms with Crippen LogP contribution in [0.5, 0.6) is 5.88 Å². The minimum absolute atomic E-state index is 0.0732. The van der Waals surface area contributed by atoms with Gasteiger partial charge >= 0.3 is 0 Å². The van der Waals surface area contributed by atoms with E-state index in [1.165, 1.54) is 25.7 Å². The Hall–Kier alpha value is -1.32. The highest BCUT2D eigenvalue weighted by Crippen LogP contribution is 2.26. The van der Waals surface area contributed by atoms with Crippen molar-refractivity contribution in [1.29, 1.82) is 0 Å². The Morgan fingerprint density at radius 1 is 1.24 bits per heavy atom. The summed E-state index contributed by atoms with van der Waals surface area (Å²) in [4.78, 5) is 9.27. The van der Waals surface area contributed by atoms with Crippen LogP contribution in [-0.4, -0.2) is 22.6 Å². The van der Waals surface area contributed by atoms with E-state index >= 15 is 0 Å². The molecule has 4 heteroatoms. The van der Waals surface area contributed by atoms with Crippen LogP contribution >= 0.6 is 0 Å². The maximum absolute atomic E-state index is 5.80. The number of aromatic nitrogens is 2. The smallest absolute Gasteiger partial charge is 0.218 e. The van der Waals surface area contributed by atoms with Gasteiger partial charge in [-0.05, 0) is 19.3 Å². The standard InChI is InChI=1S/C17H29N3O/c1-5-6-11-21-15-12-14(18-13-9-7-8-10-13)19-16(20-15)17(2,3)4/h12-13H,5-11H2,1-4H3,(H,18,19,20). The molecule has 0 saturated heterocycles. The maximum Gasteiger partial charge on any atom is 0.218 e. The topological polar surface area (TPSA) is 47.0 Å². The summed E-state index contributed by atoms with van der Waals surface area (Å²) in [6.45, 7) is 9.30. The molecule has 1 aliphatic carbocycles. The Labute approximate surface area is 128 Å². The Kier molecular flexibility index (Phi) is 5.43. The third-order valence-electron chi connectivity index (χ3n) is 3.83. The molecule has 0 atom stereocenters. The molecule has 21 heavy (non-hydrogen) atoms. The van der Waals surface area contributed by atoms with Gasteiger partial charge in [0, 0.05) is 17.5 Å². The van der Waals surface area contributed by atoms with Crippen molar-refractivity contribution in [1.82, 2.24) is 9.97 Å². The molecule has 1 aromatic rings. The zero-order valence-corrected chi connectivity index (χ0v) is 13.9. The molecule has 2 rings (SSSR count). The number of nitrogens with one attached hydrogen (secondary N) is 1. The molecule has 0 spiro atoms. The highest BCUT2D eigenvalue weighted by Gasteiger charge is 2.21. The molecule has 1 heterocycles. The molecular formula is C17H29N3O. The van der Waals surface area contributed by atoms with Crippen LogP contribution in [-0.2, 0) is 5.41 Å². The van der Waals surface area contributed by atoms with E-state index in [4.69, 9.17) is 9.72 Å². The summed E-state index contributed by atoms with van der Waals surface area (Å²) < 4.78 is 5.80. The summed E-state index contributed by atoms with van der Waals surface area (Å²) in [5, 5.41) is 3.55. The van der Waals surface area contributed by atoms with E-state index in [1.807, 2.05) is 6.07 Å². The van der Waals surface area contributed by atoms with Crippen LogP contribution in [0.4, 0.5) is 5.82 Å². The molecular weight excluding hydrogens is 262 g/mol. The van der Waals surface area contributed by atoms with Crippen LogP contribution < -0.4 is 10.1 Å². The van der Waals surface area contributed by atoms with Crippen molar-refractivity contribution in [3.05, 3.63) is 11.9 Å². The van der Waals surface area contributed by atoms with Crippen LogP contribution in [0.2, 0.25) is 0 Å². The first kappa shape index (κ1) is 16.1. The highest BCUT2D eigenvalue weighted by molar-refractivity contribution is 5.40. The van der Waals surface area contributed by atoms with E-state index in [-0.39, 0.29) is 5.41 Å². The number of hydrogen-bond donors (Lipinski definition) is 1. The normalized spacial score (nSPS) is 16.2. The van der Waals surface area contributed by atoms with E-state index < -0.39 is 0 Å². The van der Waals surface area contributed by atoms with E-state index in [2.05, 4.69) is 38.0 Å². The van der Waals surface area contributed by atoms with Crippen LogP contribution in [0.15, 0.2) is 6.07 Å².